The quantitative estimate of drug-likeness (QED) is 0.143. The van der Waals surface area contributed by atoms with Crippen molar-refractivity contribution in [3.8, 4) is 0 Å². The Morgan fingerprint density at radius 2 is 1.61 bits per heavy atom. The maximum Gasteiger partial charge on any atom is 0.312 e. The largest absolute Gasteiger partial charge is 0.520 e. The molecule has 1 unspecified atom stereocenters. The van der Waals surface area contributed by atoms with Crippen molar-refractivity contribution in [2.45, 2.75) is 53.7 Å². The van der Waals surface area contributed by atoms with Gasteiger partial charge in [-0.25, -0.2) is 4.79 Å². The minimum absolute atomic E-state index is 0. The average molecular weight is 583 g/mol. The molecule has 36 heavy (non-hydrogen) atoms. The molecule has 0 saturated heterocycles. The Morgan fingerprint density at radius 3 is 2.03 bits per heavy atom. The first-order valence-corrected chi connectivity index (χ1v) is 11.0. The summed E-state index contributed by atoms with van der Waals surface area (Å²) in [5.74, 6) is -1.45. The predicted molar refractivity (Wildman–Crippen MR) is 134 cm³/mol. The molecule has 0 heterocycles. The normalized spacial score (nSPS) is 10.3. The summed E-state index contributed by atoms with van der Waals surface area (Å²) in [7, 11) is 0. The van der Waals surface area contributed by atoms with E-state index in [4.69, 9.17) is 10.5 Å². The van der Waals surface area contributed by atoms with Crippen molar-refractivity contribution in [2.24, 2.45) is 17.6 Å². The smallest absolute Gasteiger partial charge is 0.312 e. The fraction of sp³-hybridized carbons (Fsp3) is 0.500. The van der Waals surface area contributed by atoms with Crippen LogP contribution in [0.5, 0.6) is 0 Å². The fourth-order valence-corrected chi connectivity index (χ4v) is 2.33. The van der Waals surface area contributed by atoms with Crippen LogP contribution in [0, 0.1) is 19.3 Å². The Balaban J connectivity index is -0.00000106. The average Bonchev–Trinajstić information content (AvgIpc) is 2.79. The molecule has 5 amide bonds. The molecule has 11 nitrogen and oxygen atoms in total. The van der Waals surface area contributed by atoms with E-state index in [2.05, 4.69) is 21.3 Å². The van der Waals surface area contributed by atoms with Gasteiger partial charge in [0.1, 0.15) is 6.61 Å². The molecule has 0 spiro atoms. The van der Waals surface area contributed by atoms with Crippen molar-refractivity contribution < 1.29 is 61.4 Å². The van der Waals surface area contributed by atoms with E-state index >= 15 is 0 Å². The topological polar surface area (TPSA) is 169 Å². The van der Waals surface area contributed by atoms with E-state index in [1.807, 2.05) is 6.92 Å². The van der Waals surface area contributed by atoms with Gasteiger partial charge in [0.15, 0.2) is 0 Å². The van der Waals surface area contributed by atoms with Crippen LogP contribution in [0.15, 0.2) is 24.3 Å². The number of anilines is 1. The van der Waals surface area contributed by atoms with Crippen LogP contribution in [-0.2, 0) is 63.2 Å². The van der Waals surface area contributed by atoms with Crippen LogP contribution in [0.1, 0.15) is 46.6 Å². The van der Waals surface area contributed by atoms with Gasteiger partial charge in [-0.1, -0.05) is 46.8 Å². The third kappa shape index (κ3) is 17.8. The summed E-state index contributed by atoms with van der Waals surface area (Å²) in [6, 6.07) is 5.64. The summed E-state index contributed by atoms with van der Waals surface area (Å²) in [6.45, 7) is 9.65. The van der Waals surface area contributed by atoms with Crippen molar-refractivity contribution in [1.82, 2.24) is 16.0 Å². The molecular weight excluding hydrogens is 543 g/mol. The van der Waals surface area contributed by atoms with Crippen LogP contribution in [0.3, 0.4) is 0 Å². The molecule has 0 fully saturated rings. The molecule has 1 atom stereocenters. The molecule has 0 aliphatic rings. The third-order valence-electron chi connectivity index (χ3n) is 4.23. The molecular formula is C24H39N5O6Y-2. The Kier molecular flexibility index (Phi) is 22.9. The molecule has 1 aromatic rings. The first kappa shape index (κ1) is 38.0. The summed E-state index contributed by atoms with van der Waals surface area (Å²) in [6.07, 6.45) is 2.43. The van der Waals surface area contributed by atoms with Gasteiger partial charge in [0.2, 0.25) is 11.8 Å². The van der Waals surface area contributed by atoms with Gasteiger partial charge in [-0.2, -0.15) is 6.41 Å². The molecule has 1 radical (unpaired) electrons. The number of amides is 5. The third-order valence-corrected chi connectivity index (χ3v) is 4.23. The molecule has 12 heteroatoms. The molecule has 6 N–H and O–H groups in total. The van der Waals surface area contributed by atoms with Crippen LogP contribution < -0.4 is 27.0 Å². The number of nitrogens with two attached hydrogens (primary N) is 1. The van der Waals surface area contributed by atoms with Crippen molar-refractivity contribution in [3.05, 3.63) is 37.3 Å². The Labute approximate surface area is 239 Å². The van der Waals surface area contributed by atoms with Gasteiger partial charge in [0.25, 0.3) is 0 Å². The molecule has 0 aliphatic carbocycles. The van der Waals surface area contributed by atoms with Crippen LogP contribution in [-0.4, -0.2) is 49.4 Å². The molecule has 1 rings (SSSR count). The number of benzene rings is 1. The number of hydrogen-bond acceptors (Lipinski definition) is 6. The maximum absolute atomic E-state index is 12.0. The monoisotopic (exact) mass is 582 g/mol. The maximum atomic E-state index is 12.0. The van der Waals surface area contributed by atoms with Gasteiger partial charge in [0, 0.05) is 44.9 Å². The minimum atomic E-state index is -0.747. The van der Waals surface area contributed by atoms with Crippen LogP contribution in [0.4, 0.5) is 10.5 Å². The number of nitrogens with one attached hydrogen (secondary N) is 4. The number of urea groups is 1. The first-order valence-electron chi connectivity index (χ1n) is 11.0. The summed E-state index contributed by atoms with van der Waals surface area (Å²) >= 11 is 0. The Bertz CT molecular complexity index is 803. The number of carbonyl (C=O) groups is 4. The second-order valence-electron chi connectivity index (χ2n) is 7.98. The Hall–Kier alpha value is -2.53. The Morgan fingerprint density at radius 1 is 1.03 bits per heavy atom. The van der Waals surface area contributed by atoms with Gasteiger partial charge in [-0.3, -0.25) is 14.4 Å². The van der Waals surface area contributed by atoms with Crippen LogP contribution >= 0.6 is 0 Å². The summed E-state index contributed by atoms with van der Waals surface area (Å²) < 4.78 is 5.13. The number of ether oxygens (including phenoxy) is 1. The zero-order valence-corrected chi connectivity index (χ0v) is 24.8. The summed E-state index contributed by atoms with van der Waals surface area (Å²) in [4.78, 5) is 55.7. The number of primary amides is 1. The second kappa shape index (κ2) is 21.7. The molecule has 201 valence electrons. The number of carbonyl (C=O) groups excluding carboxylic acids is 5. The molecule has 0 bridgehead atoms. The van der Waals surface area contributed by atoms with Crippen LogP contribution in [0.2, 0.25) is 0 Å². The summed E-state index contributed by atoms with van der Waals surface area (Å²) in [5.41, 5.74) is 6.07. The predicted octanol–water partition coefficient (Wildman–Crippen LogP) is 1.63. The molecule has 0 aliphatic heterocycles. The fourth-order valence-electron chi connectivity index (χ4n) is 2.33. The second-order valence-corrected chi connectivity index (χ2v) is 7.98. The molecule has 1 aromatic carbocycles. The van der Waals surface area contributed by atoms with Crippen molar-refractivity contribution in [3.63, 3.8) is 0 Å². The molecule has 0 aromatic heterocycles. The van der Waals surface area contributed by atoms with E-state index in [1.54, 1.807) is 52.0 Å². The van der Waals surface area contributed by atoms with Gasteiger partial charge < -0.3 is 44.0 Å². The van der Waals surface area contributed by atoms with Gasteiger partial charge in [-0.15, -0.1) is 0 Å². The van der Waals surface area contributed by atoms with Crippen LogP contribution in [0.25, 0.3) is 0 Å². The number of esters is 1. The van der Waals surface area contributed by atoms with Gasteiger partial charge in [0.05, 0.1) is 18.5 Å². The van der Waals surface area contributed by atoms with E-state index < -0.39 is 23.9 Å². The number of rotatable bonds is 12. The molecule has 0 saturated carbocycles. The van der Waals surface area contributed by atoms with E-state index in [0.717, 1.165) is 12.0 Å². The number of hydrogen-bond donors (Lipinski definition) is 5. The first-order chi connectivity index (χ1) is 16.0. The summed E-state index contributed by atoms with van der Waals surface area (Å²) in [5, 5.41) is 9.86. The van der Waals surface area contributed by atoms with E-state index in [-0.39, 0.29) is 71.1 Å². The van der Waals surface area contributed by atoms with Gasteiger partial charge in [-0.05, 0) is 30.0 Å². The van der Waals surface area contributed by atoms with Crippen molar-refractivity contribution in [2.75, 3.05) is 18.4 Å². The van der Waals surface area contributed by atoms with Gasteiger partial charge >= 0.3 is 12.0 Å². The zero-order valence-electron chi connectivity index (χ0n) is 22.0. The van der Waals surface area contributed by atoms with E-state index in [1.165, 1.54) is 6.41 Å². The van der Waals surface area contributed by atoms with E-state index in [9.17, 15) is 24.0 Å². The van der Waals surface area contributed by atoms with E-state index in [0.29, 0.717) is 12.2 Å². The standard InChI is InChI=1S/C19H26N3O5.C4H10N2O.CH3.Y/c1-12(2)17(21-11-23)18(25)20-9-16(24)22-15-7-5-14(6-8-15)10-27-19(26)13(3)4;1-2-3-6-4(5)7;;/h5-8,12-13,17H,9-10H2,1-4H3,(H,20,25)(H,21,23)(H,22,24);2-3H2,1H3,(H3,5,6,7);1H3;/q-1;;-1;. The zero-order chi connectivity index (χ0) is 26.1. The van der Waals surface area contributed by atoms with Crippen molar-refractivity contribution >= 4 is 35.9 Å². The minimum Gasteiger partial charge on any atom is -0.520 e. The van der Waals surface area contributed by atoms with Crippen molar-refractivity contribution in [1.29, 1.82) is 0 Å². The SMILES string of the molecule is CC(C)C(=O)OCc1ccc(NC(=O)CNC(=O)C(N[C-]=O)C(C)C)cc1.CCCNC(N)=O.[CH3-].[Y].